The van der Waals surface area contributed by atoms with Crippen LogP contribution in [-0.4, -0.2) is 28.4 Å². The highest BCUT2D eigenvalue weighted by Crippen LogP contribution is 2.43. The van der Waals surface area contributed by atoms with Crippen molar-refractivity contribution in [2.45, 2.75) is 11.8 Å². The second kappa shape index (κ2) is 5.13. The number of halogens is 1. The van der Waals surface area contributed by atoms with Gasteiger partial charge in [0, 0.05) is 23.5 Å². The van der Waals surface area contributed by atoms with Crippen LogP contribution < -0.4 is 5.32 Å². The van der Waals surface area contributed by atoms with Gasteiger partial charge in [0.05, 0.1) is 22.2 Å². The molecule has 0 saturated carbocycles. The number of thiazole rings is 1. The van der Waals surface area contributed by atoms with Gasteiger partial charge in [-0.3, -0.25) is 14.6 Å². The lowest BCUT2D eigenvalue weighted by Crippen LogP contribution is -2.40. The first kappa shape index (κ1) is 14.0. The summed E-state index contributed by atoms with van der Waals surface area (Å²) in [4.78, 5) is 28.5. The number of fused-ring (bicyclic) bond motifs is 1. The average Bonchev–Trinajstić information content (AvgIpc) is 3.07. The van der Waals surface area contributed by atoms with Crippen molar-refractivity contribution in [3.05, 3.63) is 45.4 Å². The fourth-order valence-corrected chi connectivity index (χ4v) is 3.50. The number of hydrogen-bond donors (Lipinski definition) is 2. The summed E-state index contributed by atoms with van der Waals surface area (Å²) in [6.07, 6.45) is 1.18. The van der Waals surface area contributed by atoms with E-state index in [1.807, 2.05) is 0 Å². The van der Waals surface area contributed by atoms with Crippen molar-refractivity contribution in [3.63, 3.8) is 0 Å². The Balaban J connectivity index is 2.15. The standard InChI is InChI=1S/C14H11ClN2O3S/c15-8-1-2-10-9(3-8)14(6-17-10,4-12(18)19)13(20)11-5-16-7-21-11/h1-3,5,7,17H,4,6H2,(H,18,19). The number of ketones is 1. The highest BCUT2D eigenvalue weighted by Gasteiger charge is 2.48. The molecular formula is C14H11ClN2O3S. The highest BCUT2D eigenvalue weighted by atomic mass is 35.5. The van der Waals surface area contributed by atoms with Gasteiger partial charge < -0.3 is 10.4 Å². The number of hydrogen-bond acceptors (Lipinski definition) is 5. The number of nitrogens with one attached hydrogen (secondary N) is 1. The van der Waals surface area contributed by atoms with Gasteiger partial charge in [0.2, 0.25) is 0 Å². The maximum atomic E-state index is 12.9. The fourth-order valence-electron chi connectivity index (χ4n) is 2.67. The molecule has 1 aliphatic rings. The number of anilines is 1. The van der Waals surface area contributed by atoms with E-state index in [1.165, 1.54) is 17.5 Å². The second-order valence-electron chi connectivity index (χ2n) is 4.89. The molecule has 108 valence electrons. The predicted octanol–water partition coefficient (Wildman–Crippen LogP) is 2.82. The number of carbonyl (C=O) groups excluding carboxylic acids is 1. The first-order valence-corrected chi connectivity index (χ1v) is 7.48. The van der Waals surface area contributed by atoms with Crippen molar-refractivity contribution in [2.24, 2.45) is 0 Å². The van der Waals surface area contributed by atoms with Crippen LogP contribution in [0.5, 0.6) is 0 Å². The number of aromatic nitrogens is 1. The molecule has 5 nitrogen and oxygen atoms in total. The SMILES string of the molecule is O=C(O)CC1(C(=O)c2cncs2)CNc2ccc(Cl)cc21. The molecule has 0 fully saturated rings. The van der Waals surface area contributed by atoms with E-state index in [4.69, 9.17) is 11.6 Å². The molecule has 7 heteroatoms. The van der Waals surface area contributed by atoms with E-state index < -0.39 is 11.4 Å². The lowest BCUT2D eigenvalue weighted by molar-refractivity contribution is -0.138. The summed E-state index contributed by atoms with van der Waals surface area (Å²) in [5, 5.41) is 12.8. The minimum Gasteiger partial charge on any atom is -0.481 e. The van der Waals surface area contributed by atoms with Gasteiger partial charge in [-0.1, -0.05) is 11.6 Å². The van der Waals surface area contributed by atoms with Crippen LogP contribution >= 0.6 is 22.9 Å². The molecule has 0 amide bonds. The molecule has 2 aromatic rings. The summed E-state index contributed by atoms with van der Waals surface area (Å²) in [6, 6.07) is 5.14. The van der Waals surface area contributed by atoms with Crippen LogP contribution in [0.2, 0.25) is 5.02 Å². The molecule has 0 spiro atoms. The van der Waals surface area contributed by atoms with E-state index in [9.17, 15) is 14.7 Å². The molecule has 1 unspecified atom stereocenters. The molecule has 2 heterocycles. The quantitative estimate of drug-likeness (QED) is 0.846. The van der Waals surface area contributed by atoms with E-state index >= 15 is 0 Å². The Kier molecular flexibility index (Phi) is 3.43. The molecule has 0 aliphatic carbocycles. The summed E-state index contributed by atoms with van der Waals surface area (Å²) < 4.78 is 0. The van der Waals surface area contributed by atoms with Gasteiger partial charge >= 0.3 is 5.97 Å². The van der Waals surface area contributed by atoms with E-state index in [0.29, 0.717) is 15.5 Å². The molecule has 2 N–H and O–H groups in total. The number of benzene rings is 1. The van der Waals surface area contributed by atoms with E-state index in [2.05, 4.69) is 10.3 Å². The smallest absolute Gasteiger partial charge is 0.304 e. The minimum atomic E-state index is -1.14. The zero-order valence-corrected chi connectivity index (χ0v) is 12.4. The second-order valence-corrected chi connectivity index (χ2v) is 6.21. The van der Waals surface area contributed by atoms with Crippen molar-refractivity contribution in [3.8, 4) is 0 Å². The normalized spacial score (nSPS) is 19.9. The van der Waals surface area contributed by atoms with Gasteiger partial charge in [-0.2, -0.15) is 0 Å². The number of nitrogens with zero attached hydrogens (tertiary/aromatic N) is 1. The molecule has 1 atom stereocenters. The Hall–Kier alpha value is -1.92. The summed E-state index contributed by atoms with van der Waals surface area (Å²) in [7, 11) is 0. The van der Waals surface area contributed by atoms with Gasteiger partial charge in [0.25, 0.3) is 0 Å². The highest BCUT2D eigenvalue weighted by molar-refractivity contribution is 7.11. The van der Waals surface area contributed by atoms with Crippen molar-refractivity contribution in [1.82, 2.24) is 4.98 Å². The first-order valence-electron chi connectivity index (χ1n) is 6.22. The monoisotopic (exact) mass is 322 g/mol. The number of Topliss-reactive ketones (excluding diaryl/α,β-unsaturated/α-hetero) is 1. The zero-order chi connectivity index (χ0) is 15.0. The lowest BCUT2D eigenvalue weighted by atomic mass is 9.75. The van der Waals surface area contributed by atoms with Gasteiger partial charge in [0.15, 0.2) is 5.78 Å². The Morgan fingerprint density at radius 3 is 2.95 bits per heavy atom. The summed E-state index contributed by atoms with van der Waals surface area (Å²) in [5.41, 5.74) is 1.80. The molecule has 3 rings (SSSR count). The summed E-state index contributed by atoms with van der Waals surface area (Å²) in [5.74, 6) is -1.26. The number of rotatable bonds is 4. The van der Waals surface area contributed by atoms with Crippen LogP contribution in [0.25, 0.3) is 0 Å². The number of carboxylic acid groups (broad SMARTS) is 1. The Morgan fingerprint density at radius 1 is 1.48 bits per heavy atom. The topological polar surface area (TPSA) is 79.3 Å². The Labute approximate surface area is 129 Å². The molecule has 1 aromatic heterocycles. The van der Waals surface area contributed by atoms with Crippen LogP contribution in [0, 0.1) is 0 Å². The molecule has 1 aliphatic heterocycles. The number of carboxylic acids is 1. The van der Waals surface area contributed by atoms with Crippen molar-refractivity contribution in [2.75, 3.05) is 11.9 Å². The number of aliphatic carboxylic acids is 1. The Bertz CT molecular complexity index is 717. The first-order chi connectivity index (χ1) is 10.0. The van der Waals surface area contributed by atoms with Crippen LogP contribution in [-0.2, 0) is 10.2 Å². The molecule has 0 radical (unpaired) electrons. The maximum Gasteiger partial charge on any atom is 0.304 e. The van der Waals surface area contributed by atoms with E-state index in [0.717, 1.165) is 5.69 Å². The van der Waals surface area contributed by atoms with Crippen LogP contribution in [0.1, 0.15) is 21.7 Å². The minimum absolute atomic E-state index is 0.235. The third-order valence-corrected chi connectivity index (χ3v) is 4.63. The molecule has 21 heavy (non-hydrogen) atoms. The van der Waals surface area contributed by atoms with Crippen LogP contribution in [0.3, 0.4) is 0 Å². The number of carbonyl (C=O) groups is 2. The lowest BCUT2D eigenvalue weighted by Gasteiger charge is -2.25. The van der Waals surface area contributed by atoms with Gasteiger partial charge in [0.1, 0.15) is 0 Å². The largest absolute Gasteiger partial charge is 0.481 e. The third-order valence-electron chi connectivity index (χ3n) is 3.62. The van der Waals surface area contributed by atoms with E-state index in [1.54, 1.807) is 23.7 Å². The van der Waals surface area contributed by atoms with Crippen LogP contribution in [0.4, 0.5) is 5.69 Å². The van der Waals surface area contributed by atoms with Gasteiger partial charge in [-0.25, -0.2) is 0 Å². The molecule has 0 bridgehead atoms. The van der Waals surface area contributed by atoms with Gasteiger partial charge in [-0.15, -0.1) is 11.3 Å². The molecule has 0 saturated heterocycles. The van der Waals surface area contributed by atoms with Crippen molar-refractivity contribution in [1.29, 1.82) is 0 Å². The summed E-state index contributed by atoms with van der Waals surface area (Å²) >= 11 is 7.23. The molecule has 1 aromatic carbocycles. The predicted molar refractivity (Wildman–Crippen MR) is 80.3 cm³/mol. The van der Waals surface area contributed by atoms with Crippen molar-refractivity contribution < 1.29 is 14.7 Å². The average molecular weight is 323 g/mol. The summed E-state index contributed by atoms with van der Waals surface area (Å²) in [6.45, 7) is 0.242. The zero-order valence-electron chi connectivity index (χ0n) is 10.8. The fraction of sp³-hybridized carbons (Fsp3) is 0.214. The van der Waals surface area contributed by atoms with Crippen molar-refractivity contribution >= 4 is 40.4 Å². The van der Waals surface area contributed by atoms with Crippen LogP contribution in [0.15, 0.2) is 29.9 Å². The van der Waals surface area contributed by atoms with Gasteiger partial charge in [-0.05, 0) is 23.8 Å². The molecular weight excluding hydrogens is 312 g/mol. The van der Waals surface area contributed by atoms with E-state index in [-0.39, 0.29) is 18.7 Å². The Morgan fingerprint density at radius 2 is 2.29 bits per heavy atom. The third kappa shape index (κ3) is 2.30. The maximum absolute atomic E-state index is 12.9.